The van der Waals surface area contributed by atoms with E-state index < -0.39 is 0 Å². The normalized spacial score (nSPS) is 10.2. The van der Waals surface area contributed by atoms with Crippen LogP contribution in [0.15, 0.2) is 47.1 Å². The molecule has 2 rings (SSSR count). The predicted molar refractivity (Wildman–Crippen MR) is 101 cm³/mol. The molecule has 1 heterocycles. The first-order chi connectivity index (χ1) is 12.5. The molecule has 0 aliphatic carbocycles. The van der Waals surface area contributed by atoms with E-state index in [1.54, 1.807) is 36.4 Å². The first-order valence-electron chi connectivity index (χ1n) is 7.72. The molecule has 2 aromatic rings. The van der Waals surface area contributed by atoms with Crippen molar-refractivity contribution in [2.24, 2.45) is 0 Å². The third kappa shape index (κ3) is 7.62. The van der Waals surface area contributed by atoms with E-state index in [4.69, 9.17) is 16.0 Å². The summed E-state index contributed by atoms with van der Waals surface area (Å²) in [5, 5.41) is 8.40. The zero-order valence-electron chi connectivity index (χ0n) is 13.8. The Kier molecular flexibility index (Phi) is 8.04. The molecule has 0 saturated heterocycles. The number of furan rings is 1. The second-order valence-electron chi connectivity index (χ2n) is 5.18. The van der Waals surface area contributed by atoms with Gasteiger partial charge in [-0.25, -0.2) is 0 Å². The number of nitrogens with one attached hydrogen (secondary N) is 3. The zero-order valence-corrected chi connectivity index (χ0v) is 15.4. The van der Waals surface area contributed by atoms with Gasteiger partial charge < -0.3 is 20.4 Å². The second-order valence-corrected chi connectivity index (χ2v) is 6.60. The van der Waals surface area contributed by atoms with Crippen LogP contribution < -0.4 is 16.0 Å². The number of benzene rings is 1. The summed E-state index contributed by atoms with van der Waals surface area (Å²) in [5.41, 5.74) is 0.637. The monoisotopic (exact) mass is 395 g/mol. The van der Waals surface area contributed by atoms with Crippen molar-refractivity contribution >= 4 is 46.8 Å². The molecule has 1 aromatic carbocycles. The van der Waals surface area contributed by atoms with Crippen LogP contribution in [0, 0.1) is 0 Å². The summed E-state index contributed by atoms with van der Waals surface area (Å²) in [6.07, 6.45) is 1.52. The Morgan fingerprint density at radius 1 is 0.962 bits per heavy atom. The summed E-state index contributed by atoms with van der Waals surface area (Å²) in [7, 11) is 0. The number of anilines is 1. The van der Waals surface area contributed by atoms with Crippen molar-refractivity contribution in [1.29, 1.82) is 0 Å². The quantitative estimate of drug-likeness (QED) is 0.603. The Hall–Kier alpha value is -2.45. The highest BCUT2D eigenvalue weighted by molar-refractivity contribution is 8.00. The van der Waals surface area contributed by atoms with Gasteiger partial charge in [0.05, 0.1) is 30.9 Å². The van der Waals surface area contributed by atoms with Crippen LogP contribution in [-0.2, 0) is 20.9 Å². The van der Waals surface area contributed by atoms with Gasteiger partial charge in [-0.1, -0.05) is 11.6 Å². The fourth-order valence-corrected chi connectivity index (χ4v) is 2.63. The summed E-state index contributed by atoms with van der Waals surface area (Å²) in [6, 6.07) is 10.2. The van der Waals surface area contributed by atoms with E-state index in [1.807, 2.05) is 0 Å². The molecule has 0 radical (unpaired) electrons. The summed E-state index contributed by atoms with van der Waals surface area (Å²) >= 11 is 6.93. The van der Waals surface area contributed by atoms with E-state index in [0.29, 0.717) is 16.5 Å². The Bertz CT molecular complexity index is 735. The molecular weight excluding hydrogens is 378 g/mol. The smallest absolute Gasteiger partial charge is 0.239 e. The number of halogens is 1. The molecule has 1 aromatic heterocycles. The lowest BCUT2D eigenvalue weighted by Gasteiger charge is -2.07. The molecule has 3 N–H and O–H groups in total. The number of carbonyl (C=O) groups excluding carboxylic acids is 3. The van der Waals surface area contributed by atoms with Gasteiger partial charge in [0.15, 0.2) is 0 Å². The maximum Gasteiger partial charge on any atom is 0.239 e. The number of thioether (sulfide) groups is 1. The van der Waals surface area contributed by atoms with Gasteiger partial charge in [-0.05, 0) is 36.4 Å². The Morgan fingerprint density at radius 2 is 1.69 bits per heavy atom. The van der Waals surface area contributed by atoms with Crippen LogP contribution >= 0.6 is 23.4 Å². The average Bonchev–Trinajstić information content (AvgIpc) is 3.14. The number of amides is 3. The lowest BCUT2D eigenvalue weighted by molar-refractivity contribution is -0.124. The highest BCUT2D eigenvalue weighted by Gasteiger charge is 2.08. The van der Waals surface area contributed by atoms with Gasteiger partial charge >= 0.3 is 0 Å². The van der Waals surface area contributed by atoms with Gasteiger partial charge in [-0.15, -0.1) is 11.8 Å². The third-order valence-electron chi connectivity index (χ3n) is 3.08. The van der Waals surface area contributed by atoms with Crippen molar-refractivity contribution in [2.75, 3.05) is 23.4 Å². The van der Waals surface area contributed by atoms with Crippen LogP contribution in [0.3, 0.4) is 0 Å². The van der Waals surface area contributed by atoms with Crippen molar-refractivity contribution in [2.45, 2.75) is 6.54 Å². The van der Waals surface area contributed by atoms with Gasteiger partial charge in [-0.2, -0.15) is 0 Å². The molecule has 0 unspecified atom stereocenters. The van der Waals surface area contributed by atoms with Crippen molar-refractivity contribution in [3.63, 3.8) is 0 Å². The SMILES string of the molecule is O=C(CNC(=O)CSCC(=O)Nc1ccc(Cl)cc1)NCc1ccco1. The lowest BCUT2D eigenvalue weighted by Crippen LogP contribution is -2.37. The van der Waals surface area contributed by atoms with Gasteiger partial charge in [-0.3, -0.25) is 14.4 Å². The zero-order chi connectivity index (χ0) is 18.8. The lowest BCUT2D eigenvalue weighted by atomic mass is 10.3. The van der Waals surface area contributed by atoms with Gasteiger partial charge in [0.1, 0.15) is 5.76 Å². The summed E-state index contributed by atoms with van der Waals surface area (Å²) in [5.74, 6) is -0.0174. The van der Waals surface area contributed by atoms with Crippen LogP contribution in [0.4, 0.5) is 5.69 Å². The molecule has 0 aliphatic heterocycles. The standard InChI is InChI=1S/C17H18ClN3O4S/c18-12-3-5-13(6-4-12)21-17(24)11-26-10-16(23)20-9-15(22)19-8-14-2-1-7-25-14/h1-7H,8-11H2,(H,19,22)(H,20,23)(H,21,24). The van der Waals surface area contributed by atoms with E-state index >= 15 is 0 Å². The van der Waals surface area contributed by atoms with E-state index in [1.165, 1.54) is 6.26 Å². The van der Waals surface area contributed by atoms with E-state index in [0.717, 1.165) is 11.8 Å². The minimum Gasteiger partial charge on any atom is -0.467 e. The molecule has 0 aliphatic rings. The van der Waals surface area contributed by atoms with E-state index in [-0.39, 0.29) is 42.3 Å². The maximum absolute atomic E-state index is 11.8. The molecule has 0 bridgehead atoms. The topological polar surface area (TPSA) is 100 Å². The van der Waals surface area contributed by atoms with E-state index in [2.05, 4.69) is 16.0 Å². The van der Waals surface area contributed by atoms with Crippen molar-refractivity contribution in [1.82, 2.24) is 10.6 Å². The third-order valence-corrected chi connectivity index (χ3v) is 4.26. The Balaban J connectivity index is 1.55. The van der Waals surface area contributed by atoms with Crippen molar-refractivity contribution in [3.8, 4) is 0 Å². The number of hydrogen-bond acceptors (Lipinski definition) is 5. The largest absolute Gasteiger partial charge is 0.467 e. The van der Waals surface area contributed by atoms with Crippen LogP contribution in [0.1, 0.15) is 5.76 Å². The summed E-state index contributed by atoms with van der Waals surface area (Å²) in [4.78, 5) is 35.1. The Morgan fingerprint density at radius 3 is 2.38 bits per heavy atom. The highest BCUT2D eigenvalue weighted by Crippen LogP contribution is 2.13. The molecule has 0 spiro atoms. The fraction of sp³-hybridized carbons (Fsp3) is 0.235. The molecule has 0 fully saturated rings. The molecular formula is C17H18ClN3O4S. The fourth-order valence-electron chi connectivity index (χ4n) is 1.86. The van der Waals surface area contributed by atoms with Crippen LogP contribution in [0.5, 0.6) is 0 Å². The number of rotatable bonds is 9. The second kappa shape index (κ2) is 10.5. The molecule has 9 heteroatoms. The molecule has 138 valence electrons. The molecule has 7 nitrogen and oxygen atoms in total. The minimum absolute atomic E-state index is 0.0828. The Labute approximate surface area is 159 Å². The van der Waals surface area contributed by atoms with Crippen LogP contribution in [0.25, 0.3) is 0 Å². The average molecular weight is 396 g/mol. The minimum atomic E-state index is -0.319. The summed E-state index contributed by atoms with van der Waals surface area (Å²) < 4.78 is 5.08. The first-order valence-corrected chi connectivity index (χ1v) is 9.25. The van der Waals surface area contributed by atoms with Gasteiger partial charge in [0.2, 0.25) is 17.7 Å². The molecule has 0 saturated carbocycles. The van der Waals surface area contributed by atoms with Crippen LogP contribution in [0.2, 0.25) is 5.02 Å². The number of hydrogen-bond donors (Lipinski definition) is 3. The van der Waals surface area contributed by atoms with Gasteiger partial charge in [0.25, 0.3) is 0 Å². The first kappa shape index (κ1) is 19.9. The van der Waals surface area contributed by atoms with Crippen LogP contribution in [-0.4, -0.2) is 35.8 Å². The van der Waals surface area contributed by atoms with E-state index in [9.17, 15) is 14.4 Å². The maximum atomic E-state index is 11.8. The summed E-state index contributed by atoms with van der Waals surface area (Å²) in [6.45, 7) is 0.137. The predicted octanol–water partition coefficient (Wildman–Crippen LogP) is 2.04. The van der Waals surface area contributed by atoms with Gasteiger partial charge in [0, 0.05) is 10.7 Å². The molecule has 0 atom stereocenters. The number of carbonyl (C=O) groups is 3. The van der Waals surface area contributed by atoms with Crippen molar-refractivity contribution in [3.05, 3.63) is 53.4 Å². The van der Waals surface area contributed by atoms with Crippen molar-refractivity contribution < 1.29 is 18.8 Å². The highest BCUT2D eigenvalue weighted by atomic mass is 35.5. The molecule has 3 amide bonds. The molecule has 26 heavy (non-hydrogen) atoms.